The molecule has 0 N–H and O–H groups in total. The Balaban J connectivity index is 1.15. The first kappa shape index (κ1) is 32.0. The molecule has 0 fully saturated rings. The molecule has 11 rings (SSSR count). The van der Waals surface area contributed by atoms with E-state index in [9.17, 15) is 0 Å². The molecule has 0 aliphatic carbocycles. The van der Waals surface area contributed by atoms with Crippen LogP contribution in [0.4, 0.5) is 17.1 Å². The Bertz CT molecular complexity index is 3250. The van der Waals surface area contributed by atoms with Crippen LogP contribution in [0.1, 0.15) is 0 Å². The number of hydrogen-bond acceptors (Lipinski definition) is 2. The van der Waals surface area contributed by atoms with Gasteiger partial charge in [0.2, 0.25) is 0 Å². The third kappa shape index (κ3) is 5.34. The maximum atomic E-state index is 6.78. The van der Waals surface area contributed by atoms with Crippen LogP contribution in [0.2, 0.25) is 0 Å². The first-order valence-corrected chi connectivity index (χ1v) is 19.2. The van der Waals surface area contributed by atoms with Crippen LogP contribution in [0.3, 0.4) is 0 Å². The summed E-state index contributed by atoms with van der Waals surface area (Å²) in [7, 11) is 0. The minimum absolute atomic E-state index is 0.899. The smallest absolute Gasteiger partial charge is 0.143 e. The average Bonchev–Trinajstić information content (AvgIpc) is 3.64. The van der Waals surface area contributed by atoms with E-state index in [0.29, 0.717) is 0 Å². The van der Waals surface area contributed by atoms with Crippen molar-refractivity contribution in [1.82, 2.24) is 0 Å². The maximum Gasteiger partial charge on any atom is 0.143 e. The molecule has 0 radical (unpaired) electrons. The summed E-state index contributed by atoms with van der Waals surface area (Å²) in [5, 5.41) is 9.58. The molecule has 0 bridgehead atoms. The van der Waals surface area contributed by atoms with Gasteiger partial charge in [0.15, 0.2) is 0 Å². The van der Waals surface area contributed by atoms with Crippen molar-refractivity contribution in [2.45, 2.75) is 0 Å². The Hall–Kier alpha value is -7.42. The topological polar surface area (TPSA) is 16.4 Å². The van der Waals surface area contributed by atoms with Crippen LogP contribution in [0.5, 0.6) is 0 Å². The van der Waals surface area contributed by atoms with Gasteiger partial charge in [0, 0.05) is 33.3 Å². The summed E-state index contributed by atoms with van der Waals surface area (Å²) in [5.41, 5.74) is 11.9. The van der Waals surface area contributed by atoms with E-state index >= 15 is 0 Å². The minimum Gasteiger partial charge on any atom is -0.455 e. The number of furan rings is 1. The third-order valence-electron chi connectivity index (χ3n) is 11.2. The quantitative estimate of drug-likeness (QED) is 0.160. The van der Waals surface area contributed by atoms with E-state index in [-0.39, 0.29) is 0 Å². The highest BCUT2D eigenvalue weighted by Gasteiger charge is 2.22. The second-order valence-electron chi connectivity index (χ2n) is 14.5. The second kappa shape index (κ2) is 13.2. The molecule has 56 heavy (non-hydrogen) atoms. The van der Waals surface area contributed by atoms with Gasteiger partial charge >= 0.3 is 0 Å². The number of anilines is 3. The van der Waals surface area contributed by atoms with E-state index in [2.05, 4.69) is 217 Å². The Morgan fingerprint density at radius 3 is 1.71 bits per heavy atom. The first-order valence-electron chi connectivity index (χ1n) is 19.2. The molecule has 0 amide bonds. The van der Waals surface area contributed by atoms with Crippen LogP contribution < -0.4 is 4.90 Å². The summed E-state index contributed by atoms with van der Waals surface area (Å²) < 4.78 is 6.78. The molecular weight excluding hydrogens is 679 g/mol. The molecule has 0 aliphatic rings. The molecule has 11 aromatic rings. The second-order valence-corrected chi connectivity index (χ2v) is 14.5. The van der Waals surface area contributed by atoms with Crippen LogP contribution in [0, 0.1) is 0 Å². The van der Waals surface area contributed by atoms with Crippen LogP contribution in [-0.4, -0.2) is 0 Å². The predicted molar refractivity (Wildman–Crippen MR) is 237 cm³/mol. The summed E-state index contributed by atoms with van der Waals surface area (Å²) in [4.78, 5) is 2.42. The fourth-order valence-corrected chi connectivity index (χ4v) is 8.56. The van der Waals surface area contributed by atoms with Gasteiger partial charge in [0.1, 0.15) is 11.2 Å². The lowest BCUT2D eigenvalue weighted by Gasteiger charge is -2.29. The number of hydrogen-bond donors (Lipinski definition) is 0. The van der Waals surface area contributed by atoms with Gasteiger partial charge in [0.05, 0.1) is 5.69 Å². The van der Waals surface area contributed by atoms with Crippen LogP contribution in [0.15, 0.2) is 217 Å². The average molecular weight is 714 g/mol. The molecular formula is C54H35NO. The SMILES string of the molecule is c1ccc(-c2cc(N(c3ccc4c(ccc5ccccc54)c3)c3ccccc3-c3ccccc3)ccc2-c2cccc3c2oc2cc4ccccc4cc23)cc1. The van der Waals surface area contributed by atoms with E-state index in [1.54, 1.807) is 0 Å². The largest absolute Gasteiger partial charge is 0.455 e. The van der Waals surface area contributed by atoms with Crippen molar-refractivity contribution < 1.29 is 4.42 Å². The third-order valence-corrected chi connectivity index (χ3v) is 11.2. The van der Waals surface area contributed by atoms with Crippen molar-refractivity contribution in [3.63, 3.8) is 0 Å². The van der Waals surface area contributed by atoms with Crippen molar-refractivity contribution in [3.8, 4) is 33.4 Å². The molecule has 2 heteroatoms. The number of nitrogens with zero attached hydrogens (tertiary/aromatic N) is 1. The van der Waals surface area contributed by atoms with Gasteiger partial charge in [0.25, 0.3) is 0 Å². The zero-order valence-electron chi connectivity index (χ0n) is 30.6. The summed E-state index contributed by atoms with van der Waals surface area (Å²) in [5.74, 6) is 0. The lowest BCUT2D eigenvalue weighted by atomic mass is 9.92. The highest BCUT2D eigenvalue weighted by atomic mass is 16.3. The predicted octanol–water partition coefficient (Wildman–Crippen LogP) is 15.5. The zero-order valence-corrected chi connectivity index (χ0v) is 30.6. The molecule has 0 saturated carbocycles. The highest BCUT2D eigenvalue weighted by molar-refractivity contribution is 6.14. The maximum absolute atomic E-state index is 6.78. The van der Waals surface area contributed by atoms with Gasteiger partial charge in [-0.05, 0) is 97.0 Å². The monoisotopic (exact) mass is 713 g/mol. The lowest BCUT2D eigenvalue weighted by Crippen LogP contribution is -2.11. The molecule has 0 spiro atoms. The van der Waals surface area contributed by atoms with E-state index in [1.807, 2.05) is 0 Å². The Morgan fingerprint density at radius 2 is 0.893 bits per heavy atom. The molecule has 10 aromatic carbocycles. The van der Waals surface area contributed by atoms with E-state index in [1.165, 1.54) is 37.9 Å². The summed E-state index contributed by atoms with van der Waals surface area (Å²) in [6.07, 6.45) is 0. The molecule has 0 saturated heterocycles. The van der Waals surface area contributed by atoms with Gasteiger partial charge in [-0.3, -0.25) is 0 Å². The van der Waals surface area contributed by atoms with Gasteiger partial charge in [-0.15, -0.1) is 0 Å². The van der Waals surface area contributed by atoms with Gasteiger partial charge < -0.3 is 9.32 Å². The van der Waals surface area contributed by atoms with Gasteiger partial charge in [-0.1, -0.05) is 170 Å². The number of fused-ring (bicyclic) bond motifs is 7. The molecule has 0 unspecified atom stereocenters. The van der Waals surface area contributed by atoms with Crippen LogP contribution >= 0.6 is 0 Å². The minimum atomic E-state index is 0.899. The fourth-order valence-electron chi connectivity index (χ4n) is 8.56. The van der Waals surface area contributed by atoms with Gasteiger partial charge in [-0.2, -0.15) is 0 Å². The van der Waals surface area contributed by atoms with Crippen molar-refractivity contribution in [2.75, 3.05) is 4.90 Å². The van der Waals surface area contributed by atoms with Crippen LogP contribution in [-0.2, 0) is 0 Å². The summed E-state index contributed by atoms with van der Waals surface area (Å²) in [6, 6.07) is 76.5. The normalized spacial score (nSPS) is 11.6. The molecule has 262 valence electrons. The first-order chi connectivity index (χ1) is 27.8. The van der Waals surface area contributed by atoms with Crippen LogP contribution in [0.25, 0.3) is 87.6 Å². The standard InChI is InChI=1S/C54H35NO/c1-3-14-36(15-4-1)46-22-11-12-25-52(46)55(42-28-30-45-41(32-42)27-26-38-18-9-10-21-44(38)45)43-29-31-47(50(35-43)37-16-5-2-6-17-37)48-23-13-24-49-51-33-39-19-7-8-20-40(39)34-53(51)56-54(48)49/h1-35H. The summed E-state index contributed by atoms with van der Waals surface area (Å²) in [6.45, 7) is 0. The molecule has 1 aromatic heterocycles. The molecule has 1 heterocycles. The Labute approximate surface area is 325 Å². The van der Waals surface area contributed by atoms with Gasteiger partial charge in [-0.25, -0.2) is 0 Å². The Kier molecular flexibility index (Phi) is 7.53. The zero-order chi connectivity index (χ0) is 37.0. The number of benzene rings is 10. The Morgan fingerprint density at radius 1 is 0.304 bits per heavy atom. The van der Waals surface area contributed by atoms with Crippen molar-refractivity contribution in [1.29, 1.82) is 0 Å². The summed E-state index contributed by atoms with van der Waals surface area (Å²) >= 11 is 0. The van der Waals surface area contributed by atoms with E-state index in [4.69, 9.17) is 4.42 Å². The molecule has 0 aliphatic heterocycles. The fraction of sp³-hybridized carbons (Fsp3) is 0. The number of para-hydroxylation sites is 2. The number of rotatable bonds is 6. The van der Waals surface area contributed by atoms with Crippen molar-refractivity contribution in [2.24, 2.45) is 0 Å². The van der Waals surface area contributed by atoms with Crippen molar-refractivity contribution in [3.05, 3.63) is 212 Å². The van der Waals surface area contributed by atoms with E-state index < -0.39 is 0 Å². The highest BCUT2D eigenvalue weighted by Crippen LogP contribution is 2.46. The molecule has 0 atom stereocenters. The van der Waals surface area contributed by atoms with E-state index in [0.717, 1.165) is 66.8 Å². The molecule has 2 nitrogen and oxygen atoms in total. The van der Waals surface area contributed by atoms with Crippen molar-refractivity contribution >= 4 is 71.3 Å². The lowest BCUT2D eigenvalue weighted by molar-refractivity contribution is 0.670.